The van der Waals surface area contributed by atoms with Crippen LogP contribution in [0.2, 0.25) is 0 Å². The number of halogens is 12. The molecule has 0 aliphatic rings. The maximum atomic E-state index is 12.5. The molecular formula is C6F12O. The Morgan fingerprint density at radius 1 is 0.579 bits per heavy atom. The summed E-state index contributed by atoms with van der Waals surface area (Å²) in [5.74, 6) is -7.41. The molecule has 19 heavy (non-hydrogen) atoms. The second-order valence-electron chi connectivity index (χ2n) is 3.09. The number of hydrogen-bond donors (Lipinski definition) is 0. The topological polar surface area (TPSA) is 17.1 Å². The lowest BCUT2D eigenvalue weighted by Crippen LogP contribution is -2.70. The third kappa shape index (κ3) is 2.22. The molecule has 0 aromatic rings. The minimum atomic E-state index is -7.83. The second-order valence-corrected chi connectivity index (χ2v) is 3.09. The van der Waals surface area contributed by atoms with Crippen molar-refractivity contribution in [2.75, 3.05) is 0 Å². The number of alkyl halides is 11. The first kappa shape index (κ1) is 17.8. The Bertz CT molecular complexity index is 320. The van der Waals surface area contributed by atoms with Crippen molar-refractivity contribution in [3.05, 3.63) is 0 Å². The molecule has 0 aromatic carbocycles. The van der Waals surface area contributed by atoms with Crippen LogP contribution in [-0.4, -0.2) is 30.5 Å². The summed E-state index contributed by atoms with van der Waals surface area (Å²) in [6, 6.07) is -4.71. The van der Waals surface area contributed by atoms with Crippen molar-refractivity contribution < 1.29 is 57.5 Å². The summed E-state index contributed by atoms with van der Waals surface area (Å²) in [5.41, 5.74) is -7.83. The Labute approximate surface area is 94.7 Å². The van der Waals surface area contributed by atoms with Gasteiger partial charge in [-0.1, -0.05) is 0 Å². The van der Waals surface area contributed by atoms with Gasteiger partial charge >= 0.3 is 35.9 Å². The molecule has 0 aliphatic carbocycles. The first-order valence-electron chi connectivity index (χ1n) is 3.72. The van der Waals surface area contributed by atoms with Gasteiger partial charge in [-0.2, -0.15) is 52.7 Å². The van der Waals surface area contributed by atoms with Gasteiger partial charge in [0.15, 0.2) is 0 Å². The predicted octanol–water partition coefficient (Wildman–Crippen LogP) is 3.79. The van der Waals surface area contributed by atoms with Crippen molar-refractivity contribution in [3.63, 3.8) is 0 Å². The van der Waals surface area contributed by atoms with E-state index in [-0.39, 0.29) is 0 Å². The quantitative estimate of drug-likeness (QED) is 0.559. The number of rotatable bonds is 2. The van der Waals surface area contributed by atoms with Crippen LogP contribution in [0, 0.1) is 5.41 Å². The minimum Gasteiger partial charge on any atom is -0.254 e. The van der Waals surface area contributed by atoms with Crippen LogP contribution in [0.5, 0.6) is 0 Å². The molecule has 0 atom stereocenters. The van der Waals surface area contributed by atoms with Crippen LogP contribution in [0.3, 0.4) is 0 Å². The SMILES string of the molecule is O=C(F)C(F)(F)C(C(F)(F)F)(C(F)(F)F)C(F)(F)F. The molecule has 1 nitrogen and oxygen atoms in total. The molecule has 0 radical (unpaired) electrons. The summed E-state index contributed by atoms with van der Waals surface area (Å²) in [4.78, 5) is 9.54. The van der Waals surface area contributed by atoms with Crippen LogP contribution in [0.4, 0.5) is 52.7 Å². The van der Waals surface area contributed by atoms with E-state index in [2.05, 4.69) is 0 Å². The van der Waals surface area contributed by atoms with Gasteiger partial charge in [0.05, 0.1) is 0 Å². The predicted molar refractivity (Wildman–Crippen MR) is 31.7 cm³/mol. The molecule has 0 fully saturated rings. The molecule has 114 valence electrons. The monoisotopic (exact) mass is 316 g/mol. The number of carbonyl (C=O) groups is 1. The van der Waals surface area contributed by atoms with Crippen LogP contribution < -0.4 is 0 Å². The fourth-order valence-electron chi connectivity index (χ4n) is 1.16. The lowest BCUT2D eigenvalue weighted by atomic mass is 9.78. The van der Waals surface area contributed by atoms with Gasteiger partial charge in [-0.15, -0.1) is 0 Å². The third-order valence-electron chi connectivity index (χ3n) is 1.99. The van der Waals surface area contributed by atoms with Crippen molar-refractivity contribution in [3.8, 4) is 0 Å². The molecule has 0 aromatic heterocycles. The number of hydrogen-bond acceptors (Lipinski definition) is 1. The van der Waals surface area contributed by atoms with Crippen LogP contribution in [0.15, 0.2) is 0 Å². The summed E-state index contributed by atoms with van der Waals surface area (Å²) in [6.07, 6.45) is -23.1. The second kappa shape index (κ2) is 4.16. The van der Waals surface area contributed by atoms with E-state index in [0.717, 1.165) is 0 Å². The maximum Gasteiger partial charge on any atom is 0.418 e. The van der Waals surface area contributed by atoms with E-state index in [0.29, 0.717) is 0 Å². The molecule has 0 saturated heterocycles. The zero-order valence-corrected chi connectivity index (χ0v) is 7.94. The standard InChI is InChI=1S/C6F12O/c7-1(19)2(8,9)3(4(10,11)12,5(13,14)15)6(16,17)18. The molecule has 0 spiro atoms. The molecular weight excluding hydrogens is 316 g/mol. The number of carbonyl (C=O) groups excluding carboxylic acids is 1. The van der Waals surface area contributed by atoms with E-state index in [1.807, 2.05) is 0 Å². The first-order valence-corrected chi connectivity index (χ1v) is 3.72. The molecule has 13 heteroatoms. The summed E-state index contributed by atoms with van der Waals surface area (Å²) >= 11 is 0. The van der Waals surface area contributed by atoms with Crippen molar-refractivity contribution >= 4 is 6.04 Å². The summed E-state index contributed by atoms with van der Waals surface area (Å²) < 4.78 is 144. The Balaban J connectivity index is 6.72. The van der Waals surface area contributed by atoms with Gasteiger partial charge in [-0.05, 0) is 0 Å². The van der Waals surface area contributed by atoms with E-state index >= 15 is 0 Å². The Hall–Kier alpha value is -1.17. The molecule has 0 heterocycles. The highest BCUT2D eigenvalue weighted by atomic mass is 19.4. The molecule has 0 aliphatic heterocycles. The molecule has 0 saturated carbocycles. The van der Waals surface area contributed by atoms with Crippen molar-refractivity contribution in [1.29, 1.82) is 0 Å². The molecule has 0 rings (SSSR count). The van der Waals surface area contributed by atoms with Crippen molar-refractivity contribution in [2.45, 2.75) is 24.5 Å². The van der Waals surface area contributed by atoms with Gasteiger partial charge in [0.1, 0.15) is 0 Å². The zero-order valence-electron chi connectivity index (χ0n) is 7.94. The van der Waals surface area contributed by atoms with E-state index < -0.39 is 35.9 Å². The maximum absolute atomic E-state index is 12.5. The first-order chi connectivity index (χ1) is 7.94. The highest BCUT2D eigenvalue weighted by Gasteiger charge is 2.95. The van der Waals surface area contributed by atoms with E-state index in [4.69, 9.17) is 0 Å². The average molecular weight is 316 g/mol. The Kier molecular flexibility index (Phi) is 3.91. The molecule has 0 amide bonds. The van der Waals surface area contributed by atoms with Gasteiger partial charge in [-0.25, -0.2) is 0 Å². The normalized spacial score (nSPS) is 15.6. The summed E-state index contributed by atoms with van der Waals surface area (Å²) in [5, 5.41) is 0. The lowest BCUT2D eigenvalue weighted by Gasteiger charge is -2.41. The zero-order chi connectivity index (χ0) is 16.1. The largest absolute Gasteiger partial charge is 0.418 e. The summed E-state index contributed by atoms with van der Waals surface area (Å²) in [7, 11) is 0. The van der Waals surface area contributed by atoms with Gasteiger partial charge < -0.3 is 0 Å². The van der Waals surface area contributed by atoms with Gasteiger partial charge in [-0.3, -0.25) is 4.79 Å². The lowest BCUT2D eigenvalue weighted by molar-refractivity contribution is -0.468. The van der Waals surface area contributed by atoms with E-state index in [1.54, 1.807) is 0 Å². The fraction of sp³-hybridized carbons (Fsp3) is 0.833. The van der Waals surface area contributed by atoms with E-state index in [9.17, 15) is 57.5 Å². The smallest absolute Gasteiger partial charge is 0.254 e. The van der Waals surface area contributed by atoms with Crippen LogP contribution in [-0.2, 0) is 4.79 Å². The van der Waals surface area contributed by atoms with Crippen LogP contribution in [0.1, 0.15) is 0 Å². The Morgan fingerprint density at radius 3 is 0.842 bits per heavy atom. The van der Waals surface area contributed by atoms with Crippen molar-refractivity contribution in [2.24, 2.45) is 5.41 Å². The molecule has 0 N–H and O–H groups in total. The van der Waals surface area contributed by atoms with Crippen LogP contribution in [0.25, 0.3) is 0 Å². The van der Waals surface area contributed by atoms with Crippen LogP contribution >= 0.6 is 0 Å². The van der Waals surface area contributed by atoms with Gasteiger partial charge in [0.25, 0.3) is 0 Å². The van der Waals surface area contributed by atoms with Gasteiger partial charge in [0, 0.05) is 0 Å². The van der Waals surface area contributed by atoms with Gasteiger partial charge in [0.2, 0.25) is 0 Å². The van der Waals surface area contributed by atoms with Crippen molar-refractivity contribution in [1.82, 2.24) is 0 Å². The highest BCUT2D eigenvalue weighted by molar-refractivity contribution is 5.78. The highest BCUT2D eigenvalue weighted by Crippen LogP contribution is 2.66. The molecule has 0 bridgehead atoms. The third-order valence-corrected chi connectivity index (χ3v) is 1.99. The Morgan fingerprint density at radius 2 is 0.789 bits per heavy atom. The minimum absolute atomic E-state index is 4.71. The molecule has 0 unspecified atom stereocenters. The fourth-order valence-corrected chi connectivity index (χ4v) is 1.16. The van der Waals surface area contributed by atoms with E-state index in [1.165, 1.54) is 0 Å². The average Bonchev–Trinajstić information content (AvgIpc) is 1.92. The summed E-state index contributed by atoms with van der Waals surface area (Å²) in [6.45, 7) is 0.